The topological polar surface area (TPSA) is 49.3 Å². The fourth-order valence-electron chi connectivity index (χ4n) is 1.85. The first-order valence-electron chi connectivity index (χ1n) is 6.21. The van der Waals surface area contributed by atoms with E-state index in [0.717, 1.165) is 21.7 Å². The molecule has 0 bridgehead atoms. The molecule has 0 aliphatic heterocycles. The SMILES string of the molecule is Cc1cc(C#CCO)cc(NC(=O)Cc2cccs2)c1. The summed E-state index contributed by atoms with van der Waals surface area (Å²) in [5.74, 6) is 5.41. The maximum atomic E-state index is 11.9. The van der Waals surface area contributed by atoms with Crippen molar-refractivity contribution in [2.24, 2.45) is 0 Å². The van der Waals surface area contributed by atoms with E-state index in [4.69, 9.17) is 5.11 Å². The molecule has 1 aromatic heterocycles. The molecule has 0 saturated heterocycles. The Morgan fingerprint density at radius 3 is 2.95 bits per heavy atom. The van der Waals surface area contributed by atoms with E-state index in [1.54, 1.807) is 11.3 Å². The van der Waals surface area contributed by atoms with Crippen LogP contribution >= 0.6 is 11.3 Å². The number of carbonyl (C=O) groups excluding carboxylic acids is 1. The van der Waals surface area contributed by atoms with Crippen LogP contribution in [0.3, 0.4) is 0 Å². The smallest absolute Gasteiger partial charge is 0.229 e. The van der Waals surface area contributed by atoms with Gasteiger partial charge in [0, 0.05) is 16.1 Å². The molecule has 1 amide bonds. The van der Waals surface area contributed by atoms with Gasteiger partial charge in [0.1, 0.15) is 6.61 Å². The third kappa shape index (κ3) is 4.23. The minimum atomic E-state index is -0.173. The number of anilines is 1. The molecule has 0 aliphatic rings. The molecule has 0 saturated carbocycles. The number of aryl methyl sites for hydroxylation is 1. The van der Waals surface area contributed by atoms with Crippen LogP contribution in [0.1, 0.15) is 16.0 Å². The van der Waals surface area contributed by atoms with Gasteiger partial charge in [0.15, 0.2) is 0 Å². The first-order chi connectivity index (χ1) is 9.67. The van der Waals surface area contributed by atoms with Gasteiger partial charge in [-0.05, 0) is 42.1 Å². The largest absolute Gasteiger partial charge is 0.384 e. The number of thiophene rings is 1. The van der Waals surface area contributed by atoms with Gasteiger partial charge in [-0.2, -0.15) is 0 Å². The van der Waals surface area contributed by atoms with Gasteiger partial charge in [-0.15, -0.1) is 11.3 Å². The minimum absolute atomic E-state index is 0.0425. The van der Waals surface area contributed by atoms with E-state index in [0.29, 0.717) is 6.42 Å². The van der Waals surface area contributed by atoms with E-state index in [-0.39, 0.29) is 12.5 Å². The number of amides is 1. The van der Waals surface area contributed by atoms with Crippen molar-refractivity contribution in [3.05, 3.63) is 51.7 Å². The molecule has 102 valence electrons. The summed E-state index contributed by atoms with van der Waals surface area (Å²) in [4.78, 5) is 13.0. The van der Waals surface area contributed by atoms with Gasteiger partial charge in [-0.1, -0.05) is 17.9 Å². The molecule has 0 spiro atoms. The first-order valence-corrected chi connectivity index (χ1v) is 7.09. The highest BCUT2D eigenvalue weighted by Crippen LogP contribution is 2.15. The first kappa shape index (κ1) is 14.3. The summed E-state index contributed by atoms with van der Waals surface area (Å²) in [5, 5.41) is 13.5. The molecule has 3 nitrogen and oxygen atoms in total. The van der Waals surface area contributed by atoms with Crippen LogP contribution in [0.4, 0.5) is 5.69 Å². The molecule has 20 heavy (non-hydrogen) atoms. The Kier molecular flexibility index (Phi) is 4.94. The fraction of sp³-hybridized carbons (Fsp3) is 0.188. The zero-order valence-corrected chi connectivity index (χ0v) is 12.0. The van der Waals surface area contributed by atoms with Gasteiger partial charge in [0.05, 0.1) is 6.42 Å². The Labute approximate surface area is 122 Å². The van der Waals surface area contributed by atoms with Crippen LogP contribution in [0.15, 0.2) is 35.7 Å². The zero-order valence-electron chi connectivity index (χ0n) is 11.1. The lowest BCUT2D eigenvalue weighted by Crippen LogP contribution is -2.13. The molecule has 0 fully saturated rings. The molecule has 4 heteroatoms. The van der Waals surface area contributed by atoms with Gasteiger partial charge in [-0.3, -0.25) is 4.79 Å². The monoisotopic (exact) mass is 285 g/mol. The van der Waals surface area contributed by atoms with Crippen LogP contribution in [-0.2, 0) is 11.2 Å². The lowest BCUT2D eigenvalue weighted by Gasteiger charge is -2.06. The van der Waals surface area contributed by atoms with E-state index in [1.807, 2.05) is 42.6 Å². The summed E-state index contributed by atoms with van der Waals surface area (Å²) >= 11 is 1.57. The predicted molar refractivity (Wildman–Crippen MR) is 81.8 cm³/mol. The quantitative estimate of drug-likeness (QED) is 0.852. The number of hydrogen-bond acceptors (Lipinski definition) is 3. The van der Waals surface area contributed by atoms with Gasteiger partial charge >= 0.3 is 0 Å². The second-order valence-electron chi connectivity index (χ2n) is 4.35. The summed E-state index contributed by atoms with van der Waals surface area (Å²) in [6.07, 6.45) is 0.378. The molecule has 1 heterocycles. The van der Waals surface area contributed by atoms with Gasteiger partial charge < -0.3 is 10.4 Å². The summed E-state index contributed by atoms with van der Waals surface area (Å²) in [5.41, 5.74) is 2.53. The molecule has 0 atom stereocenters. The zero-order chi connectivity index (χ0) is 14.4. The molecule has 2 aromatic rings. The fourth-order valence-corrected chi connectivity index (χ4v) is 2.55. The van der Waals surface area contributed by atoms with Crippen LogP contribution in [0.5, 0.6) is 0 Å². The van der Waals surface area contributed by atoms with Gasteiger partial charge in [0.2, 0.25) is 5.91 Å². The molecule has 1 aromatic carbocycles. The van der Waals surface area contributed by atoms with Crippen molar-refractivity contribution in [3.8, 4) is 11.8 Å². The number of aliphatic hydroxyl groups excluding tert-OH is 1. The molecule has 2 N–H and O–H groups in total. The molecule has 0 aliphatic carbocycles. The second kappa shape index (κ2) is 6.90. The maximum absolute atomic E-state index is 11.9. The van der Waals surface area contributed by atoms with Crippen molar-refractivity contribution >= 4 is 22.9 Å². The predicted octanol–water partition coefficient (Wildman–Crippen LogP) is 2.58. The van der Waals surface area contributed by atoms with Gasteiger partial charge in [-0.25, -0.2) is 0 Å². The van der Waals surface area contributed by atoms with Crippen LogP contribution in [-0.4, -0.2) is 17.6 Å². The highest BCUT2D eigenvalue weighted by atomic mass is 32.1. The van der Waals surface area contributed by atoms with Crippen molar-refractivity contribution in [2.45, 2.75) is 13.3 Å². The minimum Gasteiger partial charge on any atom is -0.384 e. The molecule has 0 unspecified atom stereocenters. The summed E-state index contributed by atoms with van der Waals surface area (Å²) in [6.45, 7) is 1.77. The maximum Gasteiger partial charge on any atom is 0.229 e. The Morgan fingerprint density at radius 1 is 1.40 bits per heavy atom. The van der Waals surface area contributed by atoms with Crippen molar-refractivity contribution < 1.29 is 9.90 Å². The number of hydrogen-bond donors (Lipinski definition) is 2. The number of benzene rings is 1. The van der Waals surface area contributed by atoms with E-state index in [9.17, 15) is 4.79 Å². The van der Waals surface area contributed by atoms with Crippen LogP contribution in [0.2, 0.25) is 0 Å². The average Bonchev–Trinajstić information content (AvgIpc) is 2.88. The lowest BCUT2D eigenvalue weighted by molar-refractivity contribution is -0.115. The van der Waals surface area contributed by atoms with Crippen molar-refractivity contribution in [1.29, 1.82) is 0 Å². The number of nitrogens with one attached hydrogen (secondary N) is 1. The lowest BCUT2D eigenvalue weighted by atomic mass is 10.1. The van der Waals surface area contributed by atoms with Crippen molar-refractivity contribution in [2.75, 3.05) is 11.9 Å². The third-order valence-corrected chi connectivity index (χ3v) is 3.46. The molecule has 0 radical (unpaired) electrons. The highest BCUT2D eigenvalue weighted by molar-refractivity contribution is 7.10. The molecular weight excluding hydrogens is 270 g/mol. The molecular formula is C16H15NO2S. The highest BCUT2D eigenvalue weighted by Gasteiger charge is 2.05. The average molecular weight is 285 g/mol. The van der Waals surface area contributed by atoms with E-state index in [2.05, 4.69) is 17.2 Å². The molecule has 2 rings (SSSR count). The number of rotatable bonds is 3. The second-order valence-corrected chi connectivity index (χ2v) is 5.38. The van der Waals surface area contributed by atoms with Gasteiger partial charge in [0.25, 0.3) is 0 Å². The number of carbonyl (C=O) groups is 1. The normalized spacial score (nSPS) is 9.70. The van der Waals surface area contributed by atoms with Crippen LogP contribution in [0.25, 0.3) is 0 Å². The summed E-state index contributed by atoms with van der Waals surface area (Å²) in [7, 11) is 0. The Balaban J connectivity index is 2.08. The van der Waals surface area contributed by atoms with Crippen LogP contribution < -0.4 is 5.32 Å². The summed E-state index contributed by atoms with van der Waals surface area (Å²) < 4.78 is 0. The van der Waals surface area contributed by atoms with Crippen molar-refractivity contribution in [3.63, 3.8) is 0 Å². The van der Waals surface area contributed by atoms with Crippen molar-refractivity contribution in [1.82, 2.24) is 0 Å². The number of aliphatic hydroxyl groups is 1. The van der Waals surface area contributed by atoms with Crippen LogP contribution in [0, 0.1) is 18.8 Å². The Hall–Kier alpha value is -2.09. The third-order valence-electron chi connectivity index (χ3n) is 2.59. The van der Waals surface area contributed by atoms with E-state index >= 15 is 0 Å². The Morgan fingerprint density at radius 2 is 2.25 bits per heavy atom. The summed E-state index contributed by atoms with van der Waals surface area (Å²) in [6, 6.07) is 9.50. The van der Waals surface area contributed by atoms with E-state index < -0.39 is 0 Å². The standard InChI is InChI=1S/C16H15NO2S/c1-12-8-13(4-2-6-18)10-14(9-12)17-16(19)11-15-5-3-7-20-15/h3,5,7-10,18H,6,11H2,1H3,(H,17,19). The Bertz CT molecular complexity index is 651. The van der Waals surface area contributed by atoms with E-state index in [1.165, 1.54) is 0 Å².